The number of fused-ring (bicyclic) bond motifs is 1. The number of hydrogen-bond donors (Lipinski definition) is 0. The van der Waals surface area contributed by atoms with Gasteiger partial charge < -0.3 is 14.4 Å². The molecular formula is C20H24N2O2. The summed E-state index contributed by atoms with van der Waals surface area (Å²) in [4.78, 5) is 7.01. The van der Waals surface area contributed by atoms with Crippen LogP contribution >= 0.6 is 0 Å². The Morgan fingerprint density at radius 1 is 1.12 bits per heavy atom. The van der Waals surface area contributed by atoms with Gasteiger partial charge in [0.05, 0.1) is 13.2 Å². The maximum Gasteiger partial charge on any atom is 0.165 e. The van der Waals surface area contributed by atoms with Gasteiger partial charge >= 0.3 is 0 Å². The molecule has 0 radical (unpaired) electrons. The van der Waals surface area contributed by atoms with Crippen LogP contribution in [0.15, 0.2) is 48.7 Å². The standard InChI is InChI=1S/C20H24N2O2/c1-20(23-14-15-24-20)12-11-17-10-9-16-6-2-3-7-18(16)22(17)19-8-4-5-13-21-19/h2-8,13,17H,9-12,14-15H2,1H3. The van der Waals surface area contributed by atoms with Gasteiger partial charge in [-0.15, -0.1) is 0 Å². The number of nitrogens with zero attached hydrogens (tertiary/aromatic N) is 2. The van der Waals surface area contributed by atoms with E-state index in [1.165, 1.54) is 11.3 Å². The van der Waals surface area contributed by atoms with Gasteiger partial charge in [0.2, 0.25) is 0 Å². The molecule has 0 aliphatic carbocycles. The summed E-state index contributed by atoms with van der Waals surface area (Å²) in [5.41, 5.74) is 2.69. The molecule has 4 rings (SSSR count). The van der Waals surface area contributed by atoms with E-state index in [-0.39, 0.29) is 0 Å². The molecule has 0 saturated carbocycles. The smallest absolute Gasteiger partial charge is 0.165 e. The molecule has 4 heteroatoms. The zero-order valence-electron chi connectivity index (χ0n) is 14.1. The fourth-order valence-corrected chi connectivity index (χ4v) is 3.82. The van der Waals surface area contributed by atoms with Gasteiger partial charge in [-0.2, -0.15) is 0 Å². The summed E-state index contributed by atoms with van der Waals surface area (Å²) in [7, 11) is 0. The Balaban J connectivity index is 1.61. The Hall–Kier alpha value is -1.91. The molecule has 1 saturated heterocycles. The van der Waals surface area contributed by atoms with E-state index in [1.54, 1.807) is 0 Å². The number of para-hydroxylation sites is 1. The van der Waals surface area contributed by atoms with E-state index >= 15 is 0 Å². The largest absolute Gasteiger partial charge is 0.348 e. The van der Waals surface area contributed by atoms with Gasteiger partial charge in [-0.25, -0.2) is 4.98 Å². The summed E-state index contributed by atoms with van der Waals surface area (Å²) in [5.74, 6) is 0.597. The number of aryl methyl sites for hydroxylation is 1. The molecule has 2 aliphatic rings. The van der Waals surface area contributed by atoms with E-state index in [0.29, 0.717) is 19.3 Å². The normalized spacial score (nSPS) is 22.4. The van der Waals surface area contributed by atoms with E-state index in [0.717, 1.165) is 31.5 Å². The molecule has 3 heterocycles. The van der Waals surface area contributed by atoms with Crippen LogP contribution in [-0.2, 0) is 15.9 Å². The lowest BCUT2D eigenvalue weighted by atomic mass is 9.92. The monoisotopic (exact) mass is 324 g/mol. The molecular weight excluding hydrogens is 300 g/mol. The molecule has 0 spiro atoms. The molecule has 2 aliphatic heterocycles. The number of hydrogen-bond acceptors (Lipinski definition) is 4. The van der Waals surface area contributed by atoms with Crippen molar-refractivity contribution >= 4 is 11.5 Å². The molecule has 24 heavy (non-hydrogen) atoms. The predicted octanol–water partition coefficient (Wildman–Crippen LogP) is 4.08. The Bertz CT molecular complexity index is 683. The highest BCUT2D eigenvalue weighted by Gasteiger charge is 2.34. The molecule has 0 N–H and O–H groups in total. The van der Waals surface area contributed by atoms with Crippen LogP contribution in [0, 0.1) is 0 Å². The first-order chi connectivity index (χ1) is 11.8. The third kappa shape index (κ3) is 3.04. The van der Waals surface area contributed by atoms with Crippen LogP contribution in [0.3, 0.4) is 0 Å². The second-order valence-corrected chi connectivity index (χ2v) is 6.75. The topological polar surface area (TPSA) is 34.6 Å². The van der Waals surface area contributed by atoms with Crippen LogP contribution in [0.25, 0.3) is 0 Å². The number of rotatable bonds is 4. The van der Waals surface area contributed by atoms with Crippen molar-refractivity contribution in [1.82, 2.24) is 4.98 Å². The molecule has 2 aromatic rings. The summed E-state index contributed by atoms with van der Waals surface area (Å²) in [6.07, 6.45) is 6.05. The highest BCUT2D eigenvalue weighted by atomic mass is 16.7. The maximum atomic E-state index is 5.79. The quantitative estimate of drug-likeness (QED) is 0.849. The molecule has 1 aromatic heterocycles. The number of ether oxygens (including phenoxy) is 2. The van der Waals surface area contributed by atoms with E-state index in [2.05, 4.69) is 53.2 Å². The number of pyridine rings is 1. The second-order valence-electron chi connectivity index (χ2n) is 6.75. The molecule has 1 aromatic carbocycles. The summed E-state index contributed by atoms with van der Waals surface area (Å²) in [5, 5.41) is 0. The fraction of sp³-hybridized carbons (Fsp3) is 0.450. The third-order valence-corrected chi connectivity index (χ3v) is 5.09. The van der Waals surface area contributed by atoms with Gasteiger partial charge in [0.1, 0.15) is 5.82 Å². The Labute approximate surface area is 143 Å². The van der Waals surface area contributed by atoms with Crippen LogP contribution in [0.1, 0.15) is 31.7 Å². The lowest BCUT2D eigenvalue weighted by Crippen LogP contribution is -2.38. The number of anilines is 2. The molecule has 0 amide bonds. The summed E-state index contributed by atoms with van der Waals surface area (Å²) in [6, 6.07) is 15.2. The van der Waals surface area contributed by atoms with Crippen LogP contribution in [0.4, 0.5) is 11.5 Å². The Morgan fingerprint density at radius 2 is 1.92 bits per heavy atom. The number of benzene rings is 1. The molecule has 0 bridgehead atoms. The first kappa shape index (κ1) is 15.6. The highest BCUT2D eigenvalue weighted by Crippen LogP contribution is 2.38. The Kier molecular flexibility index (Phi) is 4.25. The average molecular weight is 324 g/mol. The van der Waals surface area contributed by atoms with Crippen LogP contribution in [0.2, 0.25) is 0 Å². The maximum absolute atomic E-state index is 5.79. The van der Waals surface area contributed by atoms with Crippen molar-refractivity contribution in [3.8, 4) is 0 Å². The van der Waals surface area contributed by atoms with Crippen molar-refractivity contribution in [3.05, 3.63) is 54.2 Å². The van der Waals surface area contributed by atoms with Crippen LogP contribution < -0.4 is 4.90 Å². The van der Waals surface area contributed by atoms with Gasteiger partial charge in [-0.05, 0) is 49.9 Å². The zero-order valence-corrected chi connectivity index (χ0v) is 14.1. The third-order valence-electron chi connectivity index (χ3n) is 5.09. The first-order valence-electron chi connectivity index (χ1n) is 8.81. The summed E-state index contributed by atoms with van der Waals surface area (Å²) < 4.78 is 11.6. The fourth-order valence-electron chi connectivity index (χ4n) is 3.82. The zero-order chi connectivity index (χ0) is 16.4. The summed E-state index contributed by atoms with van der Waals surface area (Å²) >= 11 is 0. The van der Waals surface area contributed by atoms with Crippen molar-refractivity contribution in [2.75, 3.05) is 18.1 Å². The van der Waals surface area contributed by atoms with Crippen molar-refractivity contribution in [2.24, 2.45) is 0 Å². The van der Waals surface area contributed by atoms with Gasteiger partial charge in [0.15, 0.2) is 5.79 Å². The molecule has 1 fully saturated rings. The van der Waals surface area contributed by atoms with Crippen molar-refractivity contribution in [2.45, 2.75) is 44.4 Å². The minimum absolute atomic E-state index is 0.416. The van der Waals surface area contributed by atoms with Crippen molar-refractivity contribution < 1.29 is 9.47 Å². The minimum Gasteiger partial charge on any atom is -0.348 e. The van der Waals surface area contributed by atoms with E-state index in [9.17, 15) is 0 Å². The molecule has 126 valence electrons. The lowest BCUT2D eigenvalue weighted by molar-refractivity contribution is -0.148. The average Bonchev–Trinajstić information content (AvgIpc) is 3.07. The van der Waals surface area contributed by atoms with Gasteiger partial charge in [0.25, 0.3) is 0 Å². The van der Waals surface area contributed by atoms with Gasteiger partial charge in [-0.1, -0.05) is 24.3 Å². The van der Waals surface area contributed by atoms with Crippen LogP contribution in [-0.4, -0.2) is 30.0 Å². The Morgan fingerprint density at radius 3 is 2.71 bits per heavy atom. The van der Waals surface area contributed by atoms with Gasteiger partial charge in [-0.3, -0.25) is 0 Å². The first-order valence-corrected chi connectivity index (χ1v) is 8.81. The van der Waals surface area contributed by atoms with E-state index < -0.39 is 5.79 Å². The summed E-state index contributed by atoms with van der Waals surface area (Å²) in [6.45, 7) is 3.46. The van der Waals surface area contributed by atoms with Crippen LogP contribution in [0.5, 0.6) is 0 Å². The van der Waals surface area contributed by atoms with Crippen molar-refractivity contribution in [3.63, 3.8) is 0 Å². The number of aromatic nitrogens is 1. The van der Waals surface area contributed by atoms with Crippen molar-refractivity contribution in [1.29, 1.82) is 0 Å². The van der Waals surface area contributed by atoms with E-state index in [1.807, 2.05) is 12.3 Å². The molecule has 1 atom stereocenters. The highest BCUT2D eigenvalue weighted by molar-refractivity contribution is 5.66. The second kappa shape index (κ2) is 6.54. The lowest BCUT2D eigenvalue weighted by Gasteiger charge is -2.39. The van der Waals surface area contributed by atoms with E-state index in [4.69, 9.17) is 9.47 Å². The SMILES string of the molecule is CC1(CCC2CCc3ccccc3N2c2ccccn2)OCCO1. The minimum atomic E-state index is -0.424. The predicted molar refractivity (Wildman–Crippen MR) is 94.5 cm³/mol. The molecule has 1 unspecified atom stereocenters. The molecule has 4 nitrogen and oxygen atoms in total. The van der Waals surface area contributed by atoms with Gasteiger partial charge in [0, 0.05) is 24.3 Å².